The van der Waals surface area contributed by atoms with Crippen LogP contribution in [-0.4, -0.2) is 29.5 Å². The molecule has 0 saturated carbocycles. The van der Waals surface area contributed by atoms with Gasteiger partial charge in [-0.3, -0.25) is 0 Å². The number of hydrogen-bond acceptors (Lipinski definition) is 3. The Labute approximate surface area is 121 Å². The van der Waals surface area contributed by atoms with Crippen molar-refractivity contribution in [1.82, 2.24) is 9.55 Å². The summed E-state index contributed by atoms with van der Waals surface area (Å²) in [5.41, 5.74) is 1.35. The largest absolute Gasteiger partial charge is 0.327 e. The van der Waals surface area contributed by atoms with Crippen LogP contribution in [0, 0.1) is 11.7 Å². The van der Waals surface area contributed by atoms with E-state index >= 15 is 0 Å². The Morgan fingerprint density at radius 3 is 2.90 bits per heavy atom. The average Bonchev–Trinajstić information content (AvgIpc) is 2.91. The molecule has 0 spiro atoms. The fourth-order valence-corrected chi connectivity index (χ4v) is 4.78. The van der Waals surface area contributed by atoms with Crippen molar-refractivity contribution in [3.63, 3.8) is 0 Å². The summed E-state index contributed by atoms with van der Waals surface area (Å²) in [4.78, 5) is 4.37. The van der Waals surface area contributed by atoms with Gasteiger partial charge in [0.15, 0.2) is 9.84 Å². The molecule has 1 aliphatic heterocycles. The molecule has 0 bridgehead atoms. The maximum absolute atomic E-state index is 13.4. The highest BCUT2D eigenvalue weighted by Gasteiger charge is 2.29. The molecule has 0 radical (unpaired) electrons. The fourth-order valence-electron chi connectivity index (χ4n) is 2.73. The Bertz CT molecular complexity index is 757. The lowest BCUT2D eigenvalue weighted by Crippen LogP contribution is -2.14. The second-order valence-electron chi connectivity index (χ2n) is 5.17. The van der Waals surface area contributed by atoms with Gasteiger partial charge in [0.05, 0.1) is 28.4 Å². The predicted octanol–water partition coefficient (Wildman–Crippen LogP) is 2.35. The molecule has 108 valence electrons. The SMILES string of the molecule is O=S1(=O)CCC(Cn2c(CCl)nc3ccc(F)cc32)C1. The van der Waals surface area contributed by atoms with Crippen molar-refractivity contribution in [2.24, 2.45) is 5.92 Å². The monoisotopic (exact) mass is 316 g/mol. The van der Waals surface area contributed by atoms with E-state index in [1.807, 2.05) is 4.57 Å². The minimum Gasteiger partial charge on any atom is -0.327 e. The number of aromatic nitrogens is 2. The van der Waals surface area contributed by atoms with Crippen molar-refractivity contribution in [1.29, 1.82) is 0 Å². The number of alkyl halides is 1. The Kier molecular flexibility index (Phi) is 3.46. The number of sulfone groups is 1. The third-order valence-corrected chi connectivity index (χ3v) is 5.75. The lowest BCUT2D eigenvalue weighted by molar-refractivity contribution is 0.490. The molecule has 1 saturated heterocycles. The molecular formula is C13H14ClFN2O2S. The third kappa shape index (κ3) is 2.54. The lowest BCUT2D eigenvalue weighted by atomic mass is 10.1. The molecule has 1 aliphatic rings. The number of hydrogen-bond donors (Lipinski definition) is 0. The summed E-state index contributed by atoms with van der Waals surface area (Å²) in [6, 6.07) is 4.39. The van der Waals surface area contributed by atoms with Crippen LogP contribution in [0.15, 0.2) is 18.2 Å². The van der Waals surface area contributed by atoms with E-state index in [1.165, 1.54) is 12.1 Å². The van der Waals surface area contributed by atoms with Gasteiger partial charge in [0.2, 0.25) is 0 Å². The molecule has 0 N–H and O–H groups in total. The van der Waals surface area contributed by atoms with E-state index in [1.54, 1.807) is 6.07 Å². The minimum atomic E-state index is -2.92. The van der Waals surface area contributed by atoms with Crippen molar-refractivity contribution in [2.45, 2.75) is 18.8 Å². The predicted molar refractivity (Wildman–Crippen MR) is 76.0 cm³/mol. The lowest BCUT2D eigenvalue weighted by Gasteiger charge is -2.12. The molecule has 1 aromatic heterocycles. The summed E-state index contributed by atoms with van der Waals surface area (Å²) in [7, 11) is -2.92. The summed E-state index contributed by atoms with van der Waals surface area (Å²) in [5, 5.41) is 0. The van der Waals surface area contributed by atoms with Crippen LogP contribution in [0.1, 0.15) is 12.2 Å². The number of benzene rings is 1. The zero-order chi connectivity index (χ0) is 14.3. The van der Waals surface area contributed by atoms with E-state index in [0.717, 1.165) is 0 Å². The first kappa shape index (κ1) is 13.8. The van der Waals surface area contributed by atoms with Crippen molar-refractivity contribution < 1.29 is 12.8 Å². The Hall–Kier alpha value is -1.14. The fraction of sp³-hybridized carbons (Fsp3) is 0.462. The first-order valence-corrected chi connectivity index (χ1v) is 8.75. The molecule has 7 heteroatoms. The molecule has 4 nitrogen and oxygen atoms in total. The van der Waals surface area contributed by atoms with E-state index in [9.17, 15) is 12.8 Å². The molecule has 0 amide bonds. The zero-order valence-corrected chi connectivity index (χ0v) is 12.3. The Balaban J connectivity index is 1.99. The van der Waals surface area contributed by atoms with Crippen LogP contribution in [0.5, 0.6) is 0 Å². The number of halogens is 2. The summed E-state index contributed by atoms with van der Waals surface area (Å²) in [5.74, 6) is 0.993. The number of fused-ring (bicyclic) bond motifs is 1. The van der Waals surface area contributed by atoms with Gasteiger partial charge < -0.3 is 4.57 Å². The van der Waals surface area contributed by atoms with Crippen molar-refractivity contribution in [3.05, 3.63) is 29.8 Å². The van der Waals surface area contributed by atoms with Crippen molar-refractivity contribution >= 4 is 32.5 Å². The van der Waals surface area contributed by atoms with Gasteiger partial charge in [-0.25, -0.2) is 17.8 Å². The first-order chi connectivity index (χ1) is 9.48. The van der Waals surface area contributed by atoms with Crippen LogP contribution < -0.4 is 0 Å². The van der Waals surface area contributed by atoms with E-state index in [-0.39, 0.29) is 29.1 Å². The van der Waals surface area contributed by atoms with Crippen LogP contribution >= 0.6 is 11.6 Å². The average molecular weight is 317 g/mol. The molecule has 2 heterocycles. The molecule has 20 heavy (non-hydrogen) atoms. The maximum atomic E-state index is 13.4. The Morgan fingerprint density at radius 2 is 2.25 bits per heavy atom. The smallest absolute Gasteiger partial charge is 0.150 e. The van der Waals surface area contributed by atoms with Gasteiger partial charge in [0.1, 0.15) is 11.6 Å². The molecular weight excluding hydrogens is 303 g/mol. The zero-order valence-electron chi connectivity index (χ0n) is 10.7. The highest BCUT2D eigenvalue weighted by molar-refractivity contribution is 7.91. The summed E-state index contributed by atoms with van der Waals surface area (Å²) >= 11 is 5.89. The third-order valence-electron chi connectivity index (χ3n) is 3.68. The van der Waals surface area contributed by atoms with Gasteiger partial charge in [-0.1, -0.05) is 0 Å². The first-order valence-electron chi connectivity index (χ1n) is 6.39. The van der Waals surface area contributed by atoms with E-state index < -0.39 is 9.84 Å². The summed E-state index contributed by atoms with van der Waals surface area (Å²) < 4.78 is 38.3. The molecule has 3 rings (SSSR count). The summed E-state index contributed by atoms with van der Waals surface area (Å²) in [6.07, 6.45) is 0.638. The minimum absolute atomic E-state index is 0.0441. The topological polar surface area (TPSA) is 52.0 Å². The second kappa shape index (κ2) is 5.00. The molecule has 2 aromatic rings. The Morgan fingerprint density at radius 1 is 1.45 bits per heavy atom. The van der Waals surface area contributed by atoms with Gasteiger partial charge in [-0.15, -0.1) is 11.6 Å². The highest BCUT2D eigenvalue weighted by Crippen LogP contribution is 2.25. The molecule has 1 aromatic carbocycles. The molecule has 1 unspecified atom stereocenters. The van der Waals surface area contributed by atoms with E-state index in [2.05, 4.69) is 4.98 Å². The van der Waals surface area contributed by atoms with Gasteiger partial charge in [0, 0.05) is 6.54 Å². The number of nitrogens with zero attached hydrogens (tertiary/aromatic N) is 2. The van der Waals surface area contributed by atoms with Gasteiger partial charge in [-0.05, 0) is 30.5 Å². The van der Waals surface area contributed by atoms with Crippen molar-refractivity contribution in [2.75, 3.05) is 11.5 Å². The maximum Gasteiger partial charge on any atom is 0.150 e. The van der Waals surface area contributed by atoms with Gasteiger partial charge in [0.25, 0.3) is 0 Å². The van der Waals surface area contributed by atoms with Crippen molar-refractivity contribution in [3.8, 4) is 0 Å². The van der Waals surface area contributed by atoms with Crippen LogP contribution in [0.2, 0.25) is 0 Å². The van der Waals surface area contributed by atoms with E-state index in [4.69, 9.17) is 11.6 Å². The molecule has 0 aliphatic carbocycles. The highest BCUT2D eigenvalue weighted by atomic mass is 35.5. The standard InChI is InChI=1S/C13H14ClFN2O2S/c14-6-13-16-11-2-1-10(15)5-12(11)17(13)7-9-3-4-20(18,19)8-9/h1-2,5,9H,3-4,6-8H2. The van der Waals surface area contributed by atoms with Crippen LogP contribution in [0.3, 0.4) is 0 Å². The number of imidazole rings is 1. The van der Waals surface area contributed by atoms with Crippen LogP contribution in [-0.2, 0) is 22.3 Å². The summed E-state index contributed by atoms with van der Waals surface area (Å²) in [6.45, 7) is 0.515. The molecule has 1 fully saturated rings. The second-order valence-corrected chi connectivity index (χ2v) is 7.67. The van der Waals surface area contributed by atoms with Crippen LogP contribution in [0.25, 0.3) is 11.0 Å². The quantitative estimate of drug-likeness (QED) is 0.817. The normalized spacial score (nSPS) is 21.6. The molecule has 1 atom stereocenters. The number of rotatable bonds is 3. The van der Waals surface area contributed by atoms with Gasteiger partial charge >= 0.3 is 0 Å². The van der Waals surface area contributed by atoms with E-state index in [0.29, 0.717) is 29.8 Å². The van der Waals surface area contributed by atoms with Gasteiger partial charge in [-0.2, -0.15) is 0 Å². The van der Waals surface area contributed by atoms with Crippen LogP contribution in [0.4, 0.5) is 4.39 Å².